The molecule has 2 aromatic carbocycles. The zero-order valence-electron chi connectivity index (χ0n) is 12.1. The van der Waals surface area contributed by atoms with Crippen molar-refractivity contribution in [3.8, 4) is 11.5 Å². The number of thiol groups is 1. The fourth-order valence-electron chi connectivity index (χ4n) is 2.12. The van der Waals surface area contributed by atoms with E-state index in [4.69, 9.17) is 38.4 Å². The van der Waals surface area contributed by atoms with Crippen LogP contribution in [0.3, 0.4) is 0 Å². The second kappa shape index (κ2) is 7.86. The Kier molecular flexibility index (Phi) is 6.12. The van der Waals surface area contributed by atoms with E-state index in [-0.39, 0.29) is 0 Å². The van der Waals surface area contributed by atoms with Crippen LogP contribution in [0.2, 0.25) is 10.0 Å². The van der Waals surface area contributed by atoms with Gasteiger partial charge in [-0.2, -0.15) is 0 Å². The number of hydrogen-bond donors (Lipinski definition) is 2. The van der Waals surface area contributed by atoms with Crippen LogP contribution in [-0.4, -0.2) is 13.7 Å². The zero-order chi connectivity index (χ0) is 16.1. The lowest BCUT2D eigenvalue weighted by molar-refractivity contribution is 0.275. The van der Waals surface area contributed by atoms with Gasteiger partial charge in [0.15, 0.2) is 0 Å². The number of nitrogen functional groups attached to an aromatic ring is 1. The lowest BCUT2D eigenvalue weighted by atomic mass is 10.1. The third-order valence-corrected chi connectivity index (χ3v) is 4.27. The van der Waals surface area contributed by atoms with Crippen molar-refractivity contribution in [2.75, 3.05) is 19.5 Å². The standard InChI is InChI=1S/C10H12O2S.C6H5Cl2N/c1-11-8-4-5-9(13)10-7(8)3-2-6-12-10;7-5-2-1-4(9)3-6(5)8/h4-5,13H,2-3,6H2,1H3;1-3H,9H2. The van der Waals surface area contributed by atoms with Crippen molar-refractivity contribution in [3.63, 3.8) is 0 Å². The number of methoxy groups -OCH3 is 1. The summed E-state index contributed by atoms with van der Waals surface area (Å²) in [6, 6.07) is 8.83. The van der Waals surface area contributed by atoms with E-state index in [0.717, 1.165) is 41.4 Å². The summed E-state index contributed by atoms with van der Waals surface area (Å²) in [5, 5.41) is 1.03. The fraction of sp³-hybridized carbons (Fsp3) is 0.250. The molecule has 0 unspecified atom stereocenters. The topological polar surface area (TPSA) is 44.5 Å². The van der Waals surface area contributed by atoms with E-state index in [1.165, 1.54) is 0 Å². The number of rotatable bonds is 1. The molecule has 0 radical (unpaired) electrons. The third-order valence-electron chi connectivity index (χ3n) is 3.18. The molecule has 0 atom stereocenters. The molecule has 0 fully saturated rings. The summed E-state index contributed by atoms with van der Waals surface area (Å²) < 4.78 is 10.8. The van der Waals surface area contributed by atoms with Crippen LogP contribution < -0.4 is 15.2 Å². The van der Waals surface area contributed by atoms with Crippen LogP contribution in [0.15, 0.2) is 35.2 Å². The second-order valence-electron chi connectivity index (χ2n) is 4.72. The van der Waals surface area contributed by atoms with Crippen molar-refractivity contribution in [2.45, 2.75) is 17.7 Å². The van der Waals surface area contributed by atoms with Crippen LogP contribution in [0.1, 0.15) is 12.0 Å². The Morgan fingerprint density at radius 3 is 2.59 bits per heavy atom. The predicted octanol–water partition coefficient (Wildman–Crippen LogP) is 4.88. The van der Waals surface area contributed by atoms with E-state index in [1.807, 2.05) is 12.1 Å². The van der Waals surface area contributed by atoms with Crippen molar-refractivity contribution in [1.29, 1.82) is 0 Å². The number of hydrogen-bond acceptors (Lipinski definition) is 4. The maximum absolute atomic E-state index is 5.60. The monoisotopic (exact) mass is 357 g/mol. The van der Waals surface area contributed by atoms with E-state index in [1.54, 1.807) is 25.3 Å². The summed E-state index contributed by atoms with van der Waals surface area (Å²) >= 11 is 15.5. The highest BCUT2D eigenvalue weighted by Crippen LogP contribution is 2.37. The summed E-state index contributed by atoms with van der Waals surface area (Å²) in [7, 11) is 1.68. The van der Waals surface area contributed by atoms with Crippen molar-refractivity contribution < 1.29 is 9.47 Å². The first kappa shape index (κ1) is 17.1. The highest BCUT2D eigenvalue weighted by atomic mass is 35.5. The summed E-state index contributed by atoms with van der Waals surface area (Å²) in [6.45, 7) is 0.785. The first-order chi connectivity index (χ1) is 10.5. The molecule has 0 amide bonds. The summed E-state index contributed by atoms with van der Waals surface area (Å²) in [5.74, 6) is 1.81. The summed E-state index contributed by atoms with van der Waals surface area (Å²) in [6.07, 6.45) is 2.08. The Hall–Kier alpha value is -1.23. The molecule has 0 saturated heterocycles. The van der Waals surface area contributed by atoms with Crippen LogP contribution in [0, 0.1) is 0 Å². The van der Waals surface area contributed by atoms with E-state index in [9.17, 15) is 0 Å². The normalized spacial score (nSPS) is 12.5. The molecule has 6 heteroatoms. The SMILES string of the molecule is COc1ccc(S)c2c1CCCO2.Nc1ccc(Cl)c(Cl)c1. The molecule has 0 bridgehead atoms. The van der Waals surface area contributed by atoms with Gasteiger partial charge in [-0.1, -0.05) is 23.2 Å². The van der Waals surface area contributed by atoms with E-state index in [2.05, 4.69) is 12.6 Å². The largest absolute Gasteiger partial charge is 0.496 e. The van der Waals surface area contributed by atoms with E-state index in [0.29, 0.717) is 15.7 Å². The van der Waals surface area contributed by atoms with Gasteiger partial charge in [-0.15, -0.1) is 12.6 Å². The second-order valence-corrected chi connectivity index (χ2v) is 6.02. The van der Waals surface area contributed by atoms with Gasteiger partial charge in [0.25, 0.3) is 0 Å². The third kappa shape index (κ3) is 4.15. The van der Waals surface area contributed by atoms with Crippen LogP contribution in [0.4, 0.5) is 5.69 Å². The molecule has 1 heterocycles. The van der Waals surface area contributed by atoms with Crippen LogP contribution >= 0.6 is 35.8 Å². The Balaban J connectivity index is 0.000000172. The highest BCUT2D eigenvalue weighted by molar-refractivity contribution is 7.80. The minimum Gasteiger partial charge on any atom is -0.496 e. The first-order valence-corrected chi connectivity index (χ1v) is 7.95. The number of benzene rings is 2. The smallest absolute Gasteiger partial charge is 0.139 e. The average Bonchev–Trinajstić information content (AvgIpc) is 2.53. The lowest BCUT2D eigenvalue weighted by Crippen LogP contribution is -2.10. The molecular weight excluding hydrogens is 341 g/mol. The van der Waals surface area contributed by atoms with Gasteiger partial charge in [0, 0.05) is 16.1 Å². The van der Waals surface area contributed by atoms with E-state index >= 15 is 0 Å². The number of nitrogens with two attached hydrogens (primary N) is 1. The van der Waals surface area contributed by atoms with E-state index < -0.39 is 0 Å². The van der Waals surface area contributed by atoms with Crippen LogP contribution in [0.5, 0.6) is 11.5 Å². The van der Waals surface area contributed by atoms with Gasteiger partial charge in [0.1, 0.15) is 11.5 Å². The molecule has 2 N–H and O–H groups in total. The van der Waals surface area contributed by atoms with Crippen molar-refractivity contribution in [2.24, 2.45) is 0 Å². The summed E-state index contributed by atoms with van der Waals surface area (Å²) in [4.78, 5) is 0.899. The summed E-state index contributed by atoms with van der Waals surface area (Å²) in [5.41, 5.74) is 7.17. The molecule has 2 aromatic rings. The number of halogens is 2. The molecule has 0 aliphatic carbocycles. The minimum atomic E-state index is 0.497. The Bertz CT molecular complexity index is 665. The molecular formula is C16H17Cl2NO2S. The van der Waals surface area contributed by atoms with Gasteiger partial charge >= 0.3 is 0 Å². The Labute approximate surface area is 145 Å². The highest BCUT2D eigenvalue weighted by Gasteiger charge is 2.17. The van der Waals surface area contributed by atoms with Gasteiger partial charge in [0.05, 0.1) is 23.8 Å². The molecule has 0 aromatic heterocycles. The average molecular weight is 358 g/mol. The maximum Gasteiger partial charge on any atom is 0.139 e. The zero-order valence-corrected chi connectivity index (χ0v) is 14.5. The van der Waals surface area contributed by atoms with Crippen molar-refractivity contribution in [1.82, 2.24) is 0 Å². The maximum atomic E-state index is 5.60. The number of fused-ring (bicyclic) bond motifs is 1. The van der Waals surface area contributed by atoms with Gasteiger partial charge in [-0.3, -0.25) is 0 Å². The van der Waals surface area contributed by atoms with Crippen LogP contribution in [0.25, 0.3) is 0 Å². The van der Waals surface area contributed by atoms with Gasteiger partial charge < -0.3 is 15.2 Å². The van der Waals surface area contributed by atoms with Gasteiger partial charge in [-0.05, 0) is 43.2 Å². The number of anilines is 1. The van der Waals surface area contributed by atoms with Crippen molar-refractivity contribution in [3.05, 3.63) is 45.9 Å². The lowest BCUT2D eigenvalue weighted by Gasteiger charge is -2.20. The van der Waals surface area contributed by atoms with Gasteiger partial charge in [-0.25, -0.2) is 0 Å². The van der Waals surface area contributed by atoms with Crippen LogP contribution in [-0.2, 0) is 6.42 Å². The van der Waals surface area contributed by atoms with Gasteiger partial charge in [0.2, 0.25) is 0 Å². The first-order valence-electron chi connectivity index (χ1n) is 6.75. The molecule has 118 valence electrons. The molecule has 1 aliphatic rings. The Morgan fingerprint density at radius 1 is 1.18 bits per heavy atom. The molecule has 22 heavy (non-hydrogen) atoms. The predicted molar refractivity (Wildman–Crippen MR) is 94.9 cm³/mol. The Morgan fingerprint density at radius 2 is 1.95 bits per heavy atom. The molecule has 0 saturated carbocycles. The molecule has 3 nitrogen and oxygen atoms in total. The molecule has 0 spiro atoms. The quantitative estimate of drug-likeness (QED) is 0.564. The molecule has 1 aliphatic heterocycles. The fourth-order valence-corrected chi connectivity index (χ4v) is 2.70. The minimum absolute atomic E-state index is 0.497. The molecule has 3 rings (SSSR count). The number of ether oxygens (including phenoxy) is 2. The van der Waals surface area contributed by atoms with Crippen molar-refractivity contribution >= 4 is 41.5 Å².